The third-order valence-corrected chi connectivity index (χ3v) is 4.82. The summed E-state index contributed by atoms with van der Waals surface area (Å²) in [4.78, 5) is 4.72. The van der Waals surface area contributed by atoms with Crippen LogP contribution < -0.4 is 15.4 Å². The Labute approximate surface area is 168 Å². The molecule has 2 saturated heterocycles. The van der Waals surface area contributed by atoms with Gasteiger partial charge in [-0.25, -0.2) is 0 Å². The van der Waals surface area contributed by atoms with Crippen LogP contribution in [-0.4, -0.2) is 44.4 Å². The zero-order valence-electron chi connectivity index (χ0n) is 15.2. The Kier molecular flexibility index (Phi) is 8.29. The Hall–Kier alpha value is -1.02. The van der Waals surface area contributed by atoms with Gasteiger partial charge in [-0.05, 0) is 56.7 Å². The van der Waals surface area contributed by atoms with Gasteiger partial charge in [0.05, 0.1) is 25.4 Å². The lowest BCUT2D eigenvalue weighted by Crippen LogP contribution is -2.47. The van der Waals surface area contributed by atoms with Crippen LogP contribution in [0.1, 0.15) is 38.2 Å². The van der Waals surface area contributed by atoms with E-state index in [2.05, 4.69) is 29.7 Å². The van der Waals surface area contributed by atoms with Crippen LogP contribution in [0.15, 0.2) is 29.3 Å². The van der Waals surface area contributed by atoms with Crippen LogP contribution >= 0.6 is 24.0 Å². The molecule has 140 valence electrons. The van der Waals surface area contributed by atoms with E-state index in [1.807, 2.05) is 12.1 Å². The summed E-state index contributed by atoms with van der Waals surface area (Å²) in [6.45, 7) is 3.81. The lowest BCUT2D eigenvalue weighted by atomic mass is 9.96. The molecular formula is C19H30IN3O2. The first-order valence-corrected chi connectivity index (χ1v) is 9.11. The number of hydrogen-bond acceptors (Lipinski definition) is 3. The number of ether oxygens (including phenoxy) is 2. The minimum absolute atomic E-state index is 0. The topological polar surface area (TPSA) is 54.9 Å². The number of halogens is 1. The van der Waals surface area contributed by atoms with Crippen molar-refractivity contribution in [2.75, 3.05) is 20.2 Å². The van der Waals surface area contributed by atoms with E-state index >= 15 is 0 Å². The van der Waals surface area contributed by atoms with Crippen molar-refractivity contribution >= 4 is 29.9 Å². The van der Waals surface area contributed by atoms with Crippen molar-refractivity contribution in [1.29, 1.82) is 0 Å². The smallest absolute Gasteiger partial charge is 0.191 e. The van der Waals surface area contributed by atoms with Crippen molar-refractivity contribution in [2.45, 2.75) is 57.3 Å². The summed E-state index contributed by atoms with van der Waals surface area (Å²) in [5.74, 6) is 1.83. The second kappa shape index (κ2) is 10.2. The van der Waals surface area contributed by atoms with Gasteiger partial charge in [0.2, 0.25) is 0 Å². The van der Waals surface area contributed by atoms with Crippen molar-refractivity contribution in [3.05, 3.63) is 29.8 Å². The van der Waals surface area contributed by atoms with Crippen LogP contribution in [0.4, 0.5) is 0 Å². The predicted octanol–water partition coefficient (Wildman–Crippen LogP) is 3.12. The van der Waals surface area contributed by atoms with Gasteiger partial charge < -0.3 is 20.1 Å². The maximum atomic E-state index is 5.91. The number of rotatable bonds is 7. The molecule has 1 aromatic rings. The first kappa shape index (κ1) is 20.3. The molecule has 1 aromatic carbocycles. The summed E-state index contributed by atoms with van der Waals surface area (Å²) in [5, 5.41) is 6.91. The van der Waals surface area contributed by atoms with Crippen LogP contribution in [0.25, 0.3) is 0 Å². The maximum Gasteiger partial charge on any atom is 0.191 e. The van der Waals surface area contributed by atoms with E-state index in [-0.39, 0.29) is 24.0 Å². The second-order valence-corrected chi connectivity index (χ2v) is 6.57. The average Bonchev–Trinajstić information content (AvgIpc) is 3.22. The summed E-state index contributed by atoms with van der Waals surface area (Å²) in [5.41, 5.74) is 1.32. The van der Waals surface area contributed by atoms with Crippen LogP contribution in [0.5, 0.6) is 5.75 Å². The third-order valence-electron chi connectivity index (χ3n) is 4.82. The number of aliphatic imine (C=N–C) groups is 1. The Morgan fingerprint density at radius 2 is 2.08 bits per heavy atom. The highest BCUT2D eigenvalue weighted by Crippen LogP contribution is 2.34. The second-order valence-electron chi connectivity index (χ2n) is 6.57. The summed E-state index contributed by atoms with van der Waals surface area (Å²) in [6, 6.07) is 8.69. The fourth-order valence-electron chi connectivity index (χ4n) is 3.55. The number of methoxy groups -OCH3 is 1. The van der Waals surface area contributed by atoms with Gasteiger partial charge in [0, 0.05) is 13.1 Å². The van der Waals surface area contributed by atoms with Gasteiger partial charge in [-0.15, -0.1) is 24.0 Å². The standard InChI is InChI=1S/C19H29N3O2.HI/c1-3-20-19(22-17-13-16-10-11-18(17)24-16)21-12-4-5-14-6-8-15(23-2)9-7-14;/h6-9,16-18H,3-5,10-13H2,1-2H3,(H2,20,21,22);1H. The molecule has 0 spiro atoms. The Morgan fingerprint density at radius 1 is 1.28 bits per heavy atom. The fraction of sp³-hybridized carbons (Fsp3) is 0.632. The van der Waals surface area contributed by atoms with E-state index in [9.17, 15) is 0 Å². The third kappa shape index (κ3) is 5.74. The van der Waals surface area contributed by atoms with Gasteiger partial charge in [-0.1, -0.05) is 12.1 Å². The van der Waals surface area contributed by atoms with E-state index in [4.69, 9.17) is 14.5 Å². The monoisotopic (exact) mass is 459 g/mol. The van der Waals surface area contributed by atoms with Crippen LogP contribution in [0.3, 0.4) is 0 Å². The van der Waals surface area contributed by atoms with E-state index in [0.29, 0.717) is 18.2 Å². The summed E-state index contributed by atoms with van der Waals surface area (Å²) < 4.78 is 11.1. The first-order valence-electron chi connectivity index (χ1n) is 9.11. The molecular weight excluding hydrogens is 429 g/mol. The average molecular weight is 459 g/mol. The molecule has 3 atom stereocenters. The normalized spacial score (nSPS) is 24.7. The van der Waals surface area contributed by atoms with E-state index < -0.39 is 0 Å². The highest BCUT2D eigenvalue weighted by molar-refractivity contribution is 14.0. The van der Waals surface area contributed by atoms with E-state index in [0.717, 1.165) is 44.1 Å². The lowest BCUT2D eigenvalue weighted by Gasteiger charge is -2.22. The molecule has 6 heteroatoms. The van der Waals surface area contributed by atoms with Crippen LogP contribution in [0, 0.1) is 0 Å². The van der Waals surface area contributed by atoms with Gasteiger partial charge in [0.15, 0.2) is 5.96 Å². The Morgan fingerprint density at radius 3 is 2.68 bits per heavy atom. The molecule has 0 radical (unpaired) electrons. The van der Waals surface area contributed by atoms with Gasteiger partial charge in [0.1, 0.15) is 5.75 Å². The van der Waals surface area contributed by atoms with E-state index in [1.54, 1.807) is 7.11 Å². The van der Waals surface area contributed by atoms with Crippen molar-refractivity contribution in [3.8, 4) is 5.75 Å². The van der Waals surface area contributed by atoms with Crippen LogP contribution in [-0.2, 0) is 11.2 Å². The molecule has 2 aliphatic heterocycles. The molecule has 2 aliphatic rings. The van der Waals surface area contributed by atoms with Crippen molar-refractivity contribution < 1.29 is 9.47 Å². The van der Waals surface area contributed by atoms with Crippen molar-refractivity contribution in [1.82, 2.24) is 10.6 Å². The first-order chi connectivity index (χ1) is 11.8. The number of hydrogen-bond donors (Lipinski definition) is 2. The molecule has 5 nitrogen and oxygen atoms in total. The molecule has 0 aromatic heterocycles. The highest BCUT2D eigenvalue weighted by atomic mass is 127. The summed E-state index contributed by atoms with van der Waals surface area (Å²) >= 11 is 0. The zero-order valence-corrected chi connectivity index (χ0v) is 17.5. The number of benzene rings is 1. The molecule has 2 heterocycles. The number of aryl methyl sites for hydroxylation is 1. The minimum Gasteiger partial charge on any atom is -0.497 e. The quantitative estimate of drug-likeness (QED) is 0.285. The number of nitrogens with zero attached hydrogens (tertiary/aromatic N) is 1. The summed E-state index contributed by atoms with van der Waals surface area (Å²) in [7, 11) is 1.69. The molecule has 2 bridgehead atoms. The fourth-order valence-corrected chi connectivity index (χ4v) is 3.55. The zero-order chi connectivity index (χ0) is 16.8. The summed E-state index contributed by atoms with van der Waals surface area (Å²) in [6.07, 6.45) is 6.42. The highest BCUT2D eigenvalue weighted by Gasteiger charge is 2.41. The number of guanidine groups is 1. The molecule has 0 saturated carbocycles. The SMILES string of the molecule is CCNC(=NCCCc1ccc(OC)cc1)NC1CC2CCC1O2.I. The van der Waals surface area contributed by atoms with Crippen LogP contribution in [0.2, 0.25) is 0 Å². The maximum absolute atomic E-state index is 5.91. The number of fused-ring (bicyclic) bond motifs is 2. The van der Waals surface area contributed by atoms with E-state index in [1.165, 1.54) is 18.4 Å². The predicted molar refractivity (Wildman–Crippen MR) is 112 cm³/mol. The largest absolute Gasteiger partial charge is 0.497 e. The van der Waals surface area contributed by atoms with Gasteiger partial charge in [-0.3, -0.25) is 4.99 Å². The van der Waals surface area contributed by atoms with Crippen molar-refractivity contribution in [3.63, 3.8) is 0 Å². The van der Waals surface area contributed by atoms with Gasteiger partial charge >= 0.3 is 0 Å². The Bertz CT molecular complexity index is 550. The minimum atomic E-state index is 0. The van der Waals surface area contributed by atoms with Crippen molar-refractivity contribution in [2.24, 2.45) is 4.99 Å². The molecule has 0 amide bonds. The molecule has 25 heavy (non-hydrogen) atoms. The molecule has 3 unspecified atom stereocenters. The molecule has 2 N–H and O–H groups in total. The molecule has 3 rings (SSSR count). The number of nitrogens with one attached hydrogen (secondary N) is 2. The Balaban J connectivity index is 0.00000225. The lowest BCUT2D eigenvalue weighted by molar-refractivity contribution is 0.0992. The van der Waals surface area contributed by atoms with Gasteiger partial charge in [0.25, 0.3) is 0 Å². The molecule has 2 fully saturated rings. The van der Waals surface area contributed by atoms with Gasteiger partial charge in [-0.2, -0.15) is 0 Å². The molecule has 0 aliphatic carbocycles.